The van der Waals surface area contributed by atoms with E-state index in [9.17, 15) is 9.59 Å². The van der Waals surface area contributed by atoms with Crippen LogP contribution in [-0.2, 0) is 16.1 Å². The number of hydrogen-bond donors (Lipinski definition) is 2. The molecular formula is C15H16N2O4. The molecular weight excluding hydrogens is 272 g/mol. The fourth-order valence-corrected chi connectivity index (χ4v) is 1.72. The Balaban J connectivity index is 1.83. The minimum absolute atomic E-state index is 0.246. The van der Waals surface area contributed by atoms with Crippen molar-refractivity contribution in [2.45, 2.75) is 13.5 Å². The van der Waals surface area contributed by atoms with Gasteiger partial charge in [-0.25, -0.2) is 4.79 Å². The quantitative estimate of drug-likeness (QED) is 0.644. The molecule has 0 aliphatic heterocycles. The molecule has 0 radical (unpaired) electrons. The lowest BCUT2D eigenvalue weighted by atomic mass is 10.1. The molecule has 0 aliphatic carbocycles. The largest absolute Gasteiger partial charge is 0.467 e. The van der Waals surface area contributed by atoms with Gasteiger partial charge >= 0.3 is 5.97 Å². The number of nitrogens with one attached hydrogen (secondary N) is 1. The van der Waals surface area contributed by atoms with Crippen LogP contribution in [0.25, 0.3) is 0 Å². The number of nitrogens with two attached hydrogens (primary N) is 1. The number of benzene rings is 1. The SMILES string of the molecule is Cc1cccc(C(=O)OCC(=O)NCc2ccco2)c1N. The molecule has 0 bridgehead atoms. The summed E-state index contributed by atoms with van der Waals surface area (Å²) in [5.41, 5.74) is 7.20. The van der Waals surface area contributed by atoms with Gasteiger partial charge in [0.1, 0.15) is 5.76 Å². The maximum Gasteiger partial charge on any atom is 0.340 e. The maximum atomic E-state index is 11.9. The Bertz CT molecular complexity index is 635. The molecule has 0 aliphatic rings. The predicted molar refractivity (Wildman–Crippen MR) is 76.4 cm³/mol. The lowest BCUT2D eigenvalue weighted by Crippen LogP contribution is -2.28. The van der Waals surface area contributed by atoms with Gasteiger partial charge in [0.2, 0.25) is 0 Å². The van der Waals surface area contributed by atoms with Crippen molar-refractivity contribution in [2.75, 3.05) is 12.3 Å². The minimum atomic E-state index is -0.621. The van der Waals surface area contributed by atoms with Gasteiger partial charge in [-0.1, -0.05) is 12.1 Å². The first-order valence-corrected chi connectivity index (χ1v) is 6.39. The highest BCUT2D eigenvalue weighted by molar-refractivity contribution is 5.96. The van der Waals surface area contributed by atoms with Crippen molar-refractivity contribution in [3.8, 4) is 0 Å². The Labute approximate surface area is 121 Å². The third-order valence-electron chi connectivity index (χ3n) is 2.92. The number of anilines is 1. The smallest absolute Gasteiger partial charge is 0.340 e. The van der Waals surface area contributed by atoms with Crippen LogP contribution in [0.5, 0.6) is 0 Å². The number of furan rings is 1. The summed E-state index contributed by atoms with van der Waals surface area (Å²) in [7, 11) is 0. The average Bonchev–Trinajstić information content (AvgIpc) is 2.99. The Hall–Kier alpha value is -2.76. The van der Waals surface area contributed by atoms with Crippen molar-refractivity contribution in [3.63, 3.8) is 0 Å². The molecule has 6 nitrogen and oxygen atoms in total. The number of amides is 1. The van der Waals surface area contributed by atoms with Crippen molar-refractivity contribution >= 4 is 17.6 Å². The van der Waals surface area contributed by atoms with Gasteiger partial charge in [0, 0.05) is 5.69 Å². The van der Waals surface area contributed by atoms with E-state index in [4.69, 9.17) is 14.9 Å². The van der Waals surface area contributed by atoms with Crippen LogP contribution in [0.1, 0.15) is 21.7 Å². The highest BCUT2D eigenvalue weighted by atomic mass is 16.5. The third kappa shape index (κ3) is 3.85. The summed E-state index contributed by atoms with van der Waals surface area (Å²) < 4.78 is 10.0. The molecule has 0 atom stereocenters. The van der Waals surface area contributed by atoms with E-state index >= 15 is 0 Å². The number of hydrogen-bond acceptors (Lipinski definition) is 5. The van der Waals surface area contributed by atoms with Crippen LogP contribution in [0, 0.1) is 6.92 Å². The number of rotatable bonds is 5. The molecule has 1 heterocycles. The van der Waals surface area contributed by atoms with Crippen LogP contribution in [0.15, 0.2) is 41.0 Å². The van der Waals surface area contributed by atoms with E-state index in [1.807, 2.05) is 0 Å². The Morgan fingerprint density at radius 1 is 1.29 bits per heavy atom. The molecule has 2 rings (SSSR count). The molecule has 2 aromatic rings. The molecule has 21 heavy (non-hydrogen) atoms. The summed E-state index contributed by atoms with van der Waals surface area (Å²) in [6.45, 7) is 1.67. The molecule has 0 saturated heterocycles. The standard InChI is InChI=1S/C15H16N2O4/c1-10-4-2-6-12(14(10)16)15(19)21-9-13(18)17-8-11-5-3-7-20-11/h2-7H,8-9,16H2,1H3,(H,17,18). The number of aryl methyl sites for hydroxylation is 1. The van der Waals surface area contributed by atoms with E-state index in [0.717, 1.165) is 5.56 Å². The summed E-state index contributed by atoms with van der Waals surface area (Å²) in [5.74, 6) is -0.409. The van der Waals surface area contributed by atoms with Crippen molar-refractivity contribution in [3.05, 3.63) is 53.5 Å². The molecule has 1 aromatic carbocycles. The number of esters is 1. The van der Waals surface area contributed by atoms with Gasteiger partial charge < -0.3 is 20.2 Å². The predicted octanol–water partition coefficient (Wildman–Crippen LogP) is 1.64. The topological polar surface area (TPSA) is 94.6 Å². The number of nitrogen functional groups attached to an aromatic ring is 1. The van der Waals surface area contributed by atoms with Crippen molar-refractivity contribution in [2.24, 2.45) is 0 Å². The van der Waals surface area contributed by atoms with Crippen LogP contribution in [0.3, 0.4) is 0 Å². The van der Waals surface area contributed by atoms with E-state index in [2.05, 4.69) is 5.32 Å². The van der Waals surface area contributed by atoms with Gasteiger partial charge in [0.15, 0.2) is 6.61 Å². The molecule has 1 aromatic heterocycles. The Morgan fingerprint density at radius 3 is 2.81 bits per heavy atom. The van der Waals surface area contributed by atoms with Gasteiger partial charge in [0.05, 0.1) is 18.4 Å². The van der Waals surface area contributed by atoms with Crippen LogP contribution < -0.4 is 11.1 Å². The highest BCUT2D eigenvalue weighted by Gasteiger charge is 2.14. The van der Waals surface area contributed by atoms with Gasteiger partial charge in [-0.05, 0) is 30.7 Å². The molecule has 3 N–H and O–H groups in total. The fraction of sp³-hybridized carbons (Fsp3) is 0.200. The molecule has 6 heteroatoms. The monoisotopic (exact) mass is 288 g/mol. The normalized spacial score (nSPS) is 10.1. The zero-order valence-electron chi connectivity index (χ0n) is 11.6. The molecule has 0 saturated carbocycles. The van der Waals surface area contributed by atoms with Gasteiger partial charge in [-0.3, -0.25) is 4.79 Å². The van der Waals surface area contributed by atoms with Gasteiger partial charge in [-0.15, -0.1) is 0 Å². The summed E-state index contributed by atoms with van der Waals surface area (Å²) in [6.07, 6.45) is 1.52. The zero-order valence-corrected chi connectivity index (χ0v) is 11.6. The van der Waals surface area contributed by atoms with Gasteiger partial charge in [0.25, 0.3) is 5.91 Å². The first kappa shape index (κ1) is 14.6. The van der Waals surface area contributed by atoms with Crippen LogP contribution >= 0.6 is 0 Å². The number of carbonyl (C=O) groups is 2. The van der Waals surface area contributed by atoms with E-state index < -0.39 is 11.9 Å². The summed E-state index contributed by atoms with van der Waals surface area (Å²) in [5, 5.41) is 2.58. The fourth-order valence-electron chi connectivity index (χ4n) is 1.72. The average molecular weight is 288 g/mol. The van der Waals surface area contributed by atoms with E-state index in [1.54, 1.807) is 37.3 Å². The third-order valence-corrected chi connectivity index (χ3v) is 2.92. The van der Waals surface area contributed by atoms with Gasteiger partial charge in [-0.2, -0.15) is 0 Å². The minimum Gasteiger partial charge on any atom is -0.467 e. The maximum absolute atomic E-state index is 11.9. The molecule has 0 fully saturated rings. The van der Waals surface area contributed by atoms with E-state index in [0.29, 0.717) is 11.4 Å². The molecule has 0 unspecified atom stereocenters. The Kier molecular flexibility index (Phi) is 4.61. The van der Waals surface area contributed by atoms with Crippen LogP contribution in [-0.4, -0.2) is 18.5 Å². The zero-order chi connectivity index (χ0) is 15.2. The van der Waals surface area contributed by atoms with Crippen LogP contribution in [0.2, 0.25) is 0 Å². The van der Waals surface area contributed by atoms with Crippen LogP contribution in [0.4, 0.5) is 5.69 Å². The highest BCUT2D eigenvalue weighted by Crippen LogP contribution is 2.17. The first-order valence-electron chi connectivity index (χ1n) is 6.39. The molecule has 110 valence electrons. The summed E-state index contributed by atoms with van der Waals surface area (Å²) >= 11 is 0. The van der Waals surface area contributed by atoms with Crippen molar-refractivity contribution < 1.29 is 18.7 Å². The van der Waals surface area contributed by atoms with E-state index in [-0.39, 0.29) is 18.7 Å². The number of ether oxygens (including phenoxy) is 1. The second-order valence-electron chi connectivity index (χ2n) is 4.47. The summed E-state index contributed by atoms with van der Waals surface area (Å²) in [4.78, 5) is 23.4. The first-order chi connectivity index (χ1) is 10.1. The lowest BCUT2D eigenvalue weighted by molar-refractivity contribution is -0.124. The number of para-hydroxylation sites is 1. The van der Waals surface area contributed by atoms with E-state index in [1.165, 1.54) is 6.26 Å². The molecule has 1 amide bonds. The Morgan fingerprint density at radius 2 is 2.10 bits per heavy atom. The summed E-state index contributed by atoms with van der Waals surface area (Å²) in [6, 6.07) is 8.52. The van der Waals surface area contributed by atoms with Crippen molar-refractivity contribution in [1.82, 2.24) is 5.32 Å². The molecule has 0 spiro atoms. The second-order valence-corrected chi connectivity index (χ2v) is 4.47. The second kappa shape index (κ2) is 6.60. The van der Waals surface area contributed by atoms with Crippen molar-refractivity contribution in [1.29, 1.82) is 0 Å². The lowest BCUT2D eigenvalue weighted by Gasteiger charge is -2.08. The number of carbonyl (C=O) groups excluding carboxylic acids is 2.